The fourth-order valence-corrected chi connectivity index (χ4v) is 4.94. The monoisotopic (exact) mass is 445 g/mol. The van der Waals surface area contributed by atoms with E-state index in [0.717, 1.165) is 10.4 Å². The van der Waals surface area contributed by atoms with Crippen molar-refractivity contribution < 1.29 is 9.59 Å². The molecular weight excluding hydrogens is 422 g/mol. The van der Waals surface area contributed by atoms with Gasteiger partial charge in [0.15, 0.2) is 0 Å². The molecule has 0 N–H and O–H groups in total. The van der Waals surface area contributed by atoms with Crippen molar-refractivity contribution >= 4 is 34.7 Å². The Morgan fingerprint density at radius 2 is 1.53 bits per heavy atom. The van der Waals surface area contributed by atoms with E-state index in [2.05, 4.69) is 19.8 Å². The van der Waals surface area contributed by atoms with Gasteiger partial charge >= 0.3 is 0 Å². The van der Waals surface area contributed by atoms with Crippen LogP contribution in [-0.2, 0) is 16.0 Å². The van der Waals surface area contributed by atoms with Gasteiger partial charge in [0.1, 0.15) is 5.70 Å². The lowest BCUT2D eigenvalue weighted by Gasteiger charge is -2.36. The maximum absolute atomic E-state index is 13.5. The van der Waals surface area contributed by atoms with Crippen molar-refractivity contribution in [3.63, 3.8) is 0 Å². The predicted octanol–water partition coefficient (Wildman–Crippen LogP) is 2.68. The molecule has 162 valence electrons. The van der Waals surface area contributed by atoms with Crippen molar-refractivity contribution in [2.45, 2.75) is 6.42 Å². The van der Waals surface area contributed by atoms with Gasteiger partial charge in [-0.25, -0.2) is 9.97 Å². The quantitative estimate of drug-likeness (QED) is 0.544. The summed E-state index contributed by atoms with van der Waals surface area (Å²) in [6.07, 6.45) is 4.11. The van der Waals surface area contributed by atoms with Crippen molar-refractivity contribution in [2.75, 3.05) is 37.6 Å². The number of carbonyl (C=O) groups is 2. The molecule has 2 aliphatic rings. The number of piperazine rings is 1. The molecule has 0 aliphatic carbocycles. The summed E-state index contributed by atoms with van der Waals surface area (Å²) in [5.41, 5.74) is 2.16. The highest BCUT2D eigenvalue weighted by molar-refractivity contribution is 7.11. The second-order valence-corrected chi connectivity index (χ2v) is 8.67. The zero-order chi connectivity index (χ0) is 21.9. The Morgan fingerprint density at radius 1 is 0.812 bits per heavy atom. The third-order valence-electron chi connectivity index (χ3n) is 5.81. The van der Waals surface area contributed by atoms with Gasteiger partial charge in [-0.05, 0) is 29.5 Å². The summed E-state index contributed by atoms with van der Waals surface area (Å²) in [6.45, 7) is 3.02. The molecule has 1 aromatic carbocycles. The molecule has 2 aliphatic heterocycles. The van der Waals surface area contributed by atoms with Crippen LogP contribution in [0.5, 0.6) is 0 Å². The van der Waals surface area contributed by atoms with Crippen molar-refractivity contribution in [3.05, 3.63) is 82.4 Å². The van der Waals surface area contributed by atoms with E-state index in [9.17, 15) is 9.59 Å². The first-order valence-electron chi connectivity index (χ1n) is 10.7. The van der Waals surface area contributed by atoms with Crippen molar-refractivity contribution in [1.82, 2.24) is 19.8 Å². The van der Waals surface area contributed by atoms with E-state index in [4.69, 9.17) is 0 Å². The van der Waals surface area contributed by atoms with E-state index < -0.39 is 0 Å². The van der Waals surface area contributed by atoms with E-state index >= 15 is 0 Å². The van der Waals surface area contributed by atoms with Crippen LogP contribution in [0.4, 0.5) is 5.95 Å². The second-order valence-electron chi connectivity index (χ2n) is 7.72. The summed E-state index contributed by atoms with van der Waals surface area (Å²) in [5.74, 6) is 0.300. The number of rotatable bonds is 6. The number of amides is 2. The molecule has 0 saturated carbocycles. The summed E-state index contributed by atoms with van der Waals surface area (Å²) < 4.78 is 0. The Labute approximate surface area is 190 Å². The number of aromatic nitrogens is 2. The Bertz CT molecular complexity index is 1120. The van der Waals surface area contributed by atoms with E-state index in [-0.39, 0.29) is 11.8 Å². The highest BCUT2D eigenvalue weighted by Gasteiger charge is 2.42. The van der Waals surface area contributed by atoms with Gasteiger partial charge in [-0.1, -0.05) is 36.4 Å². The molecule has 0 spiro atoms. The Hall–Kier alpha value is -3.52. The lowest BCUT2D eigenvalue weighted by molar-refractivity contribution is -0.137. The largest absolute Gasteiger partial charge is 0.363 e. The third kappa shape index (κ3) is 3.89. The third-order valence-corrected chi connectivity index (χ3v) is 6.70. The number of nitrogens with zero attached hydrogens (tertiary/aromatic N) is 5. The standard InChI is InChI=1S/C24H23N5O2S/c30-22-20(19-8-4-17-32-19)21(23(31)29(22)12-9-18-6-2-1-3-7-18)27-13-15-28(16-14-27)24-25-10-5-11-26-24/h1-8,10-11,17H,9,12-16H2. The van der Waals surface area contributed by atoms with E-state index in [1.54, 1.807) is 18.5 Å². The lowest BCUT2D eigenvalue weighted by atomic mass is 10.1. The predicted molar refractivity (Wildman–Crippen MR) is 124 cm³/mol. The number of thiophene rings is 1. The van der Waals surface area contributed by atoms with Crippen LogP contribution < -0.4 is 4.90 Å². The number of benzene rings is 1. The van der Waals surface area contributed by atoms with Crippen molar-refractivity contribution in [2.24, 2.45) is 0 Å². The number of imide groups is 1. The van der Waals surface area contributed by atoms with Crippen LogP contribution in [0.15, 0.2) is 72.0 Å². The maximum atomic E-state index is 13.5. The maximum Gasteiger partial charge on any atom is 0.277 e. The fraction of sp³-hybridized carbons (Fsp3) is 0.250. The fourth-order valence-electron chi connectivity index (χ4n) is 4.17. The molecule has 1 fully saturated rings. The molecule has 32 heavy (non-hydrogen) atoms. The first-order valence-corrected chi connectivity index (χ1v) is 11.6. The average Bonchev–Trinajstić information content (AvgIpc) is 3.45. The number of hydrogen-bond acceptors (Lipinski definition) is 7. The van der Waals surface area contributed by atoms with Crippen LogP contribution in [0.25, 0.3) is 5.57 Å². The number of hydrogen-bond donors (Lipinski definition) is 0. The van der Waals surface area contributed by atoms with Crippen LogP contribution in [0.3, 0.4) is 0 Å². The highest BCUT2D eigenvalue weighted by Crippen LogP contribution is 2.34. The molecule has 5 rings (SSSR count). The van der Waals surface area contributed by atoms with Crippen LogP contribution in [0.2, 0.25) is 0 Å². The summed E-state index contributed by atoms with van der Waals surface area (Å²) in [6, 6.07) is 15.6. The van der Waals surface area contributed by atoms with Gasteiger partial charge in [-0.15, -0.1) is 11.3 Å². The topological polar surface area (TPSA) is 69.6 Å². The summed E-state index contributed by atoms with van der Waals surface area (Å²) >= 11 is 1.49. The van der Waals surface area contributed by atoms with Gasteiger partial charge in [0.05, 0.1) is 5.57 Å². The molecule has 0 radical (unpaired) electrons. The van der Waals surface area contributed by atoms with Gasteiger partial charge in [0, 0.05) is 50.0 Å². The molecule has 2 aromatic heterocycles. The minimum absolute atomic E-state index is 0.196. The first kappa shape index (κ1) is 20.4. The van der Waals surface area contributed by atoms with Gasteiger partial charge in [-0.3, -0.25) is 14.5 Å². The second kappa shape index (κ2) is 8.92. The molecule has 0 unspecified atom stereocenters. The zero-order valence-electron chi connectivity index (χ0n) is 17.6. The van der Waals surface area contributed by atoms with E-state index in [1.165, 1.54) is 16.2 Å². The first-order chi connectivity index (χ1) is 15.7. The van der Waals surface area contributed by atoms with Gasteiger partial charge in [0.25, 0.3) is 11.8 Å². The minimum atomic E-state index is -0.197. The van der Waals surface area contributed by atoms with E-state index in [0.29, 0.717) is 56.4 Å². The smallest absolute Gasteiger partial charge is 0.277 e. The Balaban J connectivity index is 1.37. The SMILES string of the molecule is O=C1C(c2cccs2)=C(N2CCN(c3ncccn3)CC2)C(=O)N1CCc1ccccc1. The molecule has 4 heterocycles. The molecule has 0 bridgehead atoms. The molecule has 2 amide bonds. The van der Waals surface area contributed by atoms with Crippen molar-refractivity contribution in [1.29, 1.82) is 0 Å². The minimum Gasteiger partial charge on any atom is -0.363 e. The summed E-state index contributed by atoms with van der Waals surface area (Å²) in [4.78, 5) is 41.9. The molecule has 0 atom stereocenters. The highest BCUT2D eigenvalue weighted by atomic mass is 32.1. The molecule has 3 aromatic rings. The van der Waals surface area contributed by atoms with Crippen LogP contribution in [-0.4, -0.2) is 64.3 Å². The van der Waals surface area contributed by atoms with E-state index in [1.807, 2.05) is 47.8 Å². The normalized spacial score (nSPS) is 16.9. The summed E-state index contributed by atoms with van der Waals surface area (Å²) in [5, 5.41) is 1.94. The molecule has 8 heteroatoms. The van der Waals surface area contributed by atoms with Crippen LogP contribution >= 0.6 is 11.3 Å². The zero-order valence-corrected chi connectivity index (χ0v) is 18.4. The van der Waals surface area contributed by atoms with Crippen LogP contribution in [0.1, 0.15) is 10.4 Å². The molecule has 1 saturated heterocycles. The number of carbonyl (C=O) groups excluding carboxylic acids is 2. The van der Waals surface area contributed by atoms with Gasteiger partial charge in [0.2, 0.25) is 5.95 Å². The van der Waals surface area contributed by atoms with Crippen molar-refractivity contribution in [3.8, 4) is 0 Å². The van der Waals surface area contributed by atoms with Crippen LogP contribution in [0, 0.1) is 0 Å². The average molecular weight is 446 g/mol. The summed E-state index contributed by atoms with van der Waals surface area (Å²) in [7, 11) is 0. The van der Waals surface area contributed by atoms with Gasteiger partial charge in [-0.2, -0.15) is 0 Å². The number of anilines is 1. The molecule has 7 nitrogen and oxygen atoms in total. The Kier molecular flexibility index (Phi) is 5.68. The molecular formula is C24H23N5O2S. The Morgan fingerprint density at radius 3 is 2.22 bits per heavy atom. The lowest BCUT2D eigenvalue weighted by Crippen LogP contribution is -2.48. The van der Waals surface area contributed by atoms with Gasteiger partial charge < -0.3 is 9.80 Å².